The molecule has 0 radical (unpaired) electrons. The lowest BCUT2D eigenvalue weighted by atomic mass is 9.88. The van der Waals surface area contributed by atoms with Crippen LogP contribution in [0.2, 0.25) is 0 Å². The smallest absolute Gasteiger partial charge is 0.115 e. The van der Waals surface area contributed by atoms with E-state index in [9.17, 15) is 5.11 Å². The van der Waals surface area contributed by atoms with E-state index in [1.54, 1.807) is 0 Å². The van der Waals surface area contributed by atoms with Gasteiger partial charge >= 0.3 is 0 Å². The van der Waals surface area contributed by atoms with E-state index in [1.165, 1.54) is 6.42 Å². The average molecular weight is 296 g/mol. The Balaban J connectivity index is 1.38. The van der Waals surface area contributed by atoms with Crippen molar-refractivity contribution in [2.75, 3.05) is 33.0 Å². The molecule has 0 amide bonds. The molecule has 120 valence electrons. The molecule has 0 bridgehead atoms. The molecule has 0 aromatic heterocycles. The van der Waals surface area contributed by atoms with Crippen molar-refractivity contribution < 1.29 is 19.3 Å². The Bertz CT molecular complexity index is 338. The predicted molar refractivity (Wildman–Crippen MR) is 82.0 cm³/mol. The number of aliphatic hydroxyl groups excluding tert-OH is 1. The maximum absolute atomic E-state index is 9.58. The zero-order chi connectivity index (χ0) is 14.8. The van der Waals surface area contributed by atoms with Gasteiger partial charge in [-0.3, -0.25) is 0 Å². The van der Waals surface area contributed by atoms with E-state index in [-0.39, 0.29) is 6.10 Å². The van der Waals surface area contributed by atoms with Gasteiger partial charge in [0.1, 0.15) is 12.4 Å². The fourth-order valence-corrected chi connectivity index (χ4v) is 2.80. The van der Waals surface area contributed by atoms with Crippen molar-refractivity contribution in [1.29, 1.82) is 0 Å². The van der Waals surface area contributed by atoms with Gasteiger partial charge in [-0.15, -0.1) is 0 Å². The molecule has 21 heavy (non-hydrogen) atoms. The highest BCUT2D eigenvalue weighted by Crippen LogP contribution is 2.24. The first-order chi connectivity index (χ1) is 10.3. The van der Waals surface area contributed by atoms with Crippen LogP contribution in [-0.2, 0) is 14.2 Å². The monoisotopic (exact) mass is 296 g/mol. The van der Waals surface area contributed by atoms with Gasteiger partial charge in [0.15, 0.2) is 0 Å². The minimum atomic E-state index is -0.121. The number of aliphatic hydroxyl groups is 1. The molecule has 2 rings (SSSR count). The first-order valence-electron chi connectivity index (χ1n) is 8.17. The summed E-state index contributed by atoms with van der Waals surface area (Å²) in [6.45, 7) is 3.15. The Morgan fingerprint density at radius 2 is 1.90 bits per heavy atom. The molecule has 0 aromatic rings. The molecule has 0 saturated heterocycles. The fourth-order valence-electron chi connectivity index (χ4n) is 2.80. The van der Waals surface area contributed by atoms with Crippen LogP contribution in [0.25, 0.3) is 0 Å². The van der Waals surface area contributed by atoms with Crippen molar-refractivity contribution in [2.45, 2.75) is 44.6 Å². The Kier molecular flexibility index (Phi) is 7.86. The summed E-state index contributed by atoms with van der Waals surface area (Å²) in [5.41, 5.74) is 0. The maximum atomic E-state index is 9.58. The van der Waals surface area contributed by atoms with E-state index >= 15 is 0 Å². The fraction of sp³-hybridized carbons (Fsp3) is 0.765. The molecule has 2 aliphatic carbocycles. The predicted octanol–water partition coefficient (Wildman–Crippen LogP) is 2.82. The lowest BCUT2D eigenvalue weighted by molar-refractivity contribution is 0.00270. The van der Waals surface area contributed by atoms with Crippen LogP contribution in [0.5, 0.6) is 0 Å². The highest BCUT2D eigenvalue weighted by atomic mass is 16.5. The summed E-state index contributed by atoms with van der Waals surface area (Å²) in [5, 5.41) is 9.58. The summed E-state index contributed by atoms with van der Waals surface area (Å²) < 4.78 is 16.7. The average Bonchev–Trinajstić information content (AvgIpc) is 2.51. The third kappa shape index (κ3) is 7.11. The summed E-state index contributed by atoms with van der Waals surface area (Å²) in [6.07, 6.45) is 12.4. The molecule has 2 atom stereocenters. The van der Waals surface area contributed by atoms with Crippen molar-refractivity contribution in [1.82, 2.24) is 0 Å². The zero-order valence-electron chi connectivity index (χ0n) is 12.8. The van der Waals surface area contributed by atoms with E-state index < -0.39 is 0 Å². The summed E-state index contributed by atoms with van der Waals surface area (Å²) in [5.74, 6) is 1.47. The third-order valence-electron chi connectivity index (χ3n) is 3.94. The van der Waals surface area contributed by atoms with Crippen LogP contribution >= 0.6 is 0 Å². The van der Waals surface area contributed by atoms with Gasteiger partial charge in [-0.25, -0.2) is 0 Å². The van der Waals surface area contributed by atoms with E-state index in [1.807, 2.05) is 6.08 Å². The normalized spacial score (nSPS) is 25.7. The molecular weight excluding hydrogens is 268 g/mol. The maximum Gasteiger partial charge on any atom is 0.115 e. The van der Waals surface area contributed by atoms with Gasteiger partial charge in [-0.2, -0.15) is 0 Å². The SMILES string of the molecule is OC1CCCC(COCCOCCOC2=CCCC=C2)C1. The molecule has 2 unspecified atom stereocenters. The van der Waals surface area contributed by atoms with Crippen molar-refractivity contribution in [3.05, 3.63) is 24.0 Å². The van der Waals surface area contributed by atoms with Crippen molar-refractivity contribution in [3.8, 4) is 0 Å². The van der Waals surface area contributed by atoms with E-state index in [2.05, 4.69) is 12.2 Å². The van der Waals surface area contributed by atoms with Gasteiger partial charge in [-0.1, -0.05) is 12.5 Å². The highest BCUT2D eigenvalue weighted by Gasteiger charge is 2.19. The Labute approximate surface area is 127 Å². The Morgan fingerprint density at radius 1 is 1.05 bits per heavy atom. The quantitative estimate of drug-likeness (QED) is 0.665. The second-order valence-corrected chi connectivity index (χ2v) is 5.81. The molecule has 0 aliphatic heterocycles. The Hall–Kier alpha value is -0.840. The largest absolute Gasteiger partial charge is 0.492 e. The van der Waals surface area contributed by atoms with E-state index in [0.29, 0.717) is 32.3 Å². The summed E-state index contributed by atoms with van der Waals surface area (Å²) >= 11 is 0. The van der Waals surface area contributed by atoms with Crippen LogP contribution in [0.3, 0.4) is 0 Å². The molecule has 0 aromatic carbocycles. The number of rotatable bonds is 9. The molecule has 2 aliphatic rings. The van der Waals surface area contributed by atoms with Gasteiger partial charge in [0.25, 0.3) is 0 Å². The molecule has 1 N–H and O–H groups in total. The minimum Gasteiger partial charge on any atom is -0.492 e. The van der Waals surface area contributed by atoms with Gasteiger partial charge in [-0.05, 0) is 50.2 Å². The van der Waals surface area contributed by atoms with Crippen LogP contribution in [-0.4, -0.2) is 44.2 Å². The third-order valence-corrected chi connectivity index (χ3v) is 3.94. The number of allylic oxidation sites excluding steroid dienone is 3. The lowest BCUT2D eigenvalue weighted by Crippen LogP contribution is -2.23. The molecular formula is C17H28O4. The summed E-state index contributed by atoms with van der Waals surface area (Å²) in [7, 11) is 0. The lowest BCUT2D eigenvalue weighted by Gasteiger charge is -2.25. The number of hydrogen-bond donors (Lipinski definition) is 1. The van der Waals surface area contributed by atoms with Gasteiger partial charge in [0.05, 0.1) is 25.9 Å². The van der Waals surface area contributed by atoms with Crippen molar-refractivity contribution in [2.24, 2.45) is 5.92 Å². The molecule has 1 saturated carbocycles. The molecule has 1 fully saturated rings. The van der Waals surface area contributed by atoms with E-state index in [4.69, 9.17) is 14.2 Å². The van der Waals surface area contributed by atoms with Crippen molar-refractivity contribution in [3.63, 3.8) is 0 Å². The van der Waals surface area contributed by atoms with Crippen LogP contribution in [0.15, 0.2) is 24.0 Å². The Morgan fingerprint density at radius 3 is 2.71 bits per heavy atom. The van der Waals surface area contributed by atoms with Gasteiger partial charge in [0.2, 0.25) is 0 Å². The molecule has 4 heteroatoms. The van der Waals surface area contributed by atoms with Gasteiger partial charge < -0.3 is 19.3 Å². The van der Waals surface area contributed by atoms with Crippen LogP contribution < -0.4 is 0 Å². The second kappa shape index (κ2) is 9.98. The van der Waals surface area contributed by atoms with Crippen LogP contribution in [0.1, 0.15) is 38.5 Å². The standard InChI is InChI=1S/C17H28O4/c18-16-6-4-5-15(13-16)14-20-10-9-19-11-12-21-17-7-2-1-3-8-17/h2,7-8,15-16,18H,1,3-6,9-14H2. The minimum absolute atomic E-state index is 0.121. The summed E-state index contributed by atoms with van der Waals surface area (Å²) in [6, 6.07) is 0. The zero-order valence-corrected chi connectivity index (χ0v) is 12.8. The highest BCUT2D eigenvalue weighted by molar-refractivity contribution is 5.15. The van der Waals surface area contributed by atoms with Crippen LogP contribution in [0, 0.1) is 5.92 Å². The number of hydrogen-bond acceptors (Lipinski definition) is 4. The topological polar surface area (TPSA) is 47.9 Å². The van der Waals surface area contributed by atoms with Gasteiger partial charge in [0, 0.05) is 6.61 Å². The number of ether oxygens (including phenoxy) is 3. The second-order valence-electron chi connectivity index (χ2n) is 5.81. The first-order valence-corrected chi connectivity index (χ1v) is 8.17. The molecule has 4 nitrogen and oxygen atoms in total. The summed E-state index contributed by atoms with van der Waals surface area (Å²) in [4.78, 5) is 0. The molecule has 0 heterocycles. The van der Waals surface area contributed by atoms with E-state index in [0.717, 1.165) is 44.5 Å². The first kappa shape index (κ1) is 16.5. The van der Waals surface area contributed by atoms with Crippen molar-refractivity contribution >= 4 is 0 Å². The van der Waals surface area contributed by atoms with Crippen LogP contribution in [0.4, 0.5) is 0 Å². The molecule has 0 spiro atoms.